The molecule has 1 aromatic heterocycles. The Bertz CT molecular complexity index is 396. The maximum absolute atomic E-state index is 14.2. The summed E-state index contributed by atoms with van der Waals surface area (Å²) in [4.78, 5) is 14.5. The van der Waals surface area contributed by atoms with Gasteiger partial charge >= 0.3 is 0 Å². The number of carbonyl (C=O) groups is 1. The minimum absolute atomic E-state index is 0.0838. The summed E-state index contributed by atoms with van der Waals surface area (Å²) in [7, 11) is 0. The highest BCUT2D eigenvalue weighted by Gasteiger charge is 2.34. The van der Waals surface area contributed by atoms with Crippen LogP contribution in [0, 0.1) is 0 Å². The van der Waals surface area contributed by atoms with Gasteiger partial charge in [-0.25, -0.2) is 9.37 Å². The minimum atomic E-state index is -1.60. The van der Waals surface area contributed by atoms with E-state index in [1.807, 2.05) is 0 Å². The van der Waals surface area contributed by atoms with E-state index in [0.717, 1.165) is 0 Å². The van der Waals surface area contributed by atoms with Gasteiger partial charge in [-0.05, 0) is 11.6 Å². The first-order valence-electron chi connectivity index (χ1n) is 4.17. The molecule has 1 atom stereocenters. The summed E-state index contributed by atoms with van der Waals surface area (Å²) in [6, 6.07) is 0. The highest BCUT2D eigenvalue weighted by atomic mass is 32.1. The summed E-state index contributed by atoms with van der Waals surface area (Å²) in [5.41, 5.74) is -1.13. The Labute approximate surface area is 84.8 Å². The highest BCUT2D eigenvalue weighted by molar-refractivity contribution is 7.09. The van der Waals surface area contributed by atoms with E-state index in [1.165, 1.54) is 17.4 Å². The van der Waals surface area contributed by atoms with Crippen molar-refractivity contribution in [2.45, 2.75) is 12.1 Å². The molecule has 1 aliphatic rings. The van der Waals surface area contributed by atoms with E-state index in [4.69, 9.17) is 0 Å². The van der Waals surface area contributed by atoms with E-state index < -0.39 is 5.67 Å². The van der Waals surface area contributed by atoms with Gasteiger partial charge in [0, 0.05) is 18.0 Å². The van der Waals surface area contributed by atoms with Gasteiger partial charge in [0.1, 0.15) is 11.3 Å². The van der Waals surface area contributed by atoms with Crippen molar-refractivity contribution in [2.75, 3.05) is 0 Å². The van der Waals surface area contributed by atoms with Crippen LogP contribution < -0.4 is 0 Å². The van der Waals surface area contributed by atoms with Crippen molar-refractivity contribution in [3.05, 3.63) is 40.4 Å². The molecule has 1 aromatic rings. The molecule has 4 heteroatoms. The van der Waals surface area contributed by atoms with Crippen LogP contribution in [0.5, 0.6) is 0 Å². The summed E-state index contributed by atoms with van der Waals surface area (Å²) in [6.07, 6.45) is 6.96. The van der Waals surface area contributed by atoms with E-state index in [9.17, 15) is 9.18 Å². The number of thiazole rings is 1. The fourth-order valence-corrected chi connectivity index (χ4v) is 2.10. The number of rotatable bonds is 2. The first-order valence-corrected chi connectivity index (χ1v) is 5.05. The fraction of sp³-hybridized carbons (Fsp3) is 0.200. The summed E-state index contributed by atoms with van der Waals surface area (Å²) >= 11 is 1.26. The summed E-state index contributed by atoms with van der Waals surface area (Å²) < 4.78 is 14.2. The van der Waals surface area contributed by atoms with Crippen molar-refractivity contribution in [3.8, 4) is 0 Å². The lowest BCUT2D eigenvalue weighted by Gasteiger charge is -2.21. The Morgan fingerprint density at radius 3 is 3.14 bits per heavy atom. The van der Waals surface area contributed by atoms with Gasteiger partial charge in [-0.3, -0.25) is 4.79 Å². The maximum Gasteiger partial charge on any atom is 0.184 e. The molecule has 0 aromatic carbocycles. The quantitative estimate of drug-likeness (QED) is 0.700. The van der Waals surface area contributed by atoms with Gasteiger partial charge in [0.2, 0.25) is 0 Å². The van der Waals surface area contributed by atoms with E-state index in [1.54, 1.807) is 23.7 Å². The first-order chi connectivity index (χ1) is 6.74. The summed E-state index contributed by atoms with van der Waals surface area (Å²) in [5.74, 6) is 0. The van der Waals surface area contributed by atoms with Gasteiger partial charge in [-0.15, -0.1) is 11.3 Å². The number of nitrogens with zero attached hydrogens (tertiary/aromatic N) is 1. The van der Waals surface area contributed by atoms with Crippen molar-refractivity contribution in [2.24, 2.45) is 0 Å². The Morgan fingerprint density at radius 2 is 2.50 bits per heavy atom. The van der Waals surface area contributed by atoms with Gasteiger partial charge in [0.15, 0.2) is 5.67 Å². The molecule has 72 valence electrons. The lowest BCUT2D eigenvalue weighted by Crippen LogP contribution is -2.20. The van der Waals surface area contributed by atoms with Crippen molar-refractivity contribution in [1.82, 2.24) is 4.98 Å². The van der Waals surface area contributed by atoms with Gasteiger partial charge < -0.3 is 0 Å². The molecule has 0 saturated heterocycles. The maximum atomic E-state index is 14.2. The van der Waals surface area contributed by atoms with Gasteiger partial charge in [-0.2, -0.15) is 0 Å². The fourth-order valence-electron chi connectivity index (χ4n) is 1.40. The first kappa shape index (κ1) is 9.27. The van der Waals surface area contributed by atoms with Crippen molar-refractivity contribution >= 4 is 17.6 Å². The van der Waals surface area contributed by atoms with E-state index in [0.29, 0.717) is 16.9 Å². The predicted octanol–water partition coefficient (Wildman–Crippen LogP) is 2.39. The summed E-state index contributed by atoms with van der Waals surface area (Å²) in [6.45, 7) is 0. The molecule has 1 unspecified atom stereocenters. The predicted molar refractivity (Wildman–Crippen MR) is 52.8 cm³/mol. The third kappa shape index (κ3) is 1.53. The second kappa shape index (κ2) is 3.46. The van der Waals surface area contributed by atoms with Gasteiger partial charge in [0.25, 0.3) is 0 Å². The number of allylic oxidation sites excluding steroid dienone is 4. The zero-order valence-corrected chi connectivity index (χ0v) is 8.13. The third-order valence-corrected chi connectivity index (χ3v) is 3.00. The van der Waals surface area contributed by atoms with Crippen LogP contribution in [0.15, 0.2) is 35.4 Å². The second-order valence-electron chi connectivity index (χ2n) is 3.10. The average Bonchev–Trinajstić information content (AvgIpc) is 2.71. The highest BCUT2D eigenvalue weighted by Crippen LogP contribution is 2.37. The van der Waals surface area contributed by atoms with Crippen LogP contribution in [0.4, 0.5) is 4.39 Å². The largest absolute Gasteiger partial charge is 0.298 e. The molecule has 0 bridgehead atoms. The Morgan fingerprint density at radius 1 is 1.64 bits per heavy atom. The second-order valence-corrected chi connectivity index (χ2v) is 3.99. The zero-order valence-electron chi connectivity index (χ0n) is 7.31. The van der Waals surface area contributed by atoms with Gasteiger partial charge in [0.05, 0.1) is 0 Å². The molecule has 1 heterocycles. The van der Waals surface area contributed by atoms with E-state index in [-0.39, 0.29) is 6.42 Å². The molecule has 1 aliphatic carbocycles. The normalized spacial score (nSPS) is 25.9. The molecule has 2 rings (SSSR count). The lowest BCUT2D eigenvalue weighted by atomic mass is 9.92. The molecule has 0 fully saturated rings. The van der Waals surface area contributed by atoms with Crippen molar-refractivity contribution in [1.29, 1.82) is 0 Å². The molecule has 0 spiro atoms. The zero-order chi connectivity index (χ0) is 10.0. The van der Waals surface area contributed by atoms with Crippen LogP contribution in [0.1, 0.15) is 11.4 Å². The lowest BCUT2D eigenvalue weighted by molar-refractivity contribution is -0.105. The molecule has 0 radical (unpaired) electrons. The topological polar surface area (TPSA) is 30.0 Å². The molecular formula is C10H8FNOS. The number of hydrogen-bond acceptors (Lipinski definition) is 3. The molecule has 0 aliphatic heterocycles. The molecule has 0 saturated carbocycles. The molecule has 2 nitrogen and oxygen atoms in total. The van der Waals surface area contributed by atoms with Crippen LogP contribution >= 0.6 is 11.3 Å². The van der Waals surface area contributed by atoms with Gasteiger partial charge in [-0.1, -0.05) is 12.2 Å². The molecule has 0 N–H and O–H groups in total. The number of halogens is 1. The number of carbonyl (C=O) groups excluding carboxylic acids is 1. The van der Waals surface area contributed by atoms with Crippen LogP contribution in [-0.4, -0.2) is 11.3 Å². The van der Waals surface area contributed by atoms with Crippen molar-refractivity contribution < 1.29 is 9.18 Å². The number of alkyl halides is 1. The SMILES string of the molecule is O=CC1=CC=CC(F)(c2nccs2)C1. The summed E-state index contributed by atoms with van der Waals surface area (Å²) in [5, 5.41) is 2.13. The third-order valence-electron chi connectivity index (χ3n) is 2.07. The number of aromatic nitrogens is 1. The Balaban J connectivity index is 2.32. The van der Waals surface area contributed by atoms with Crippen molar-refractivity contribution in [3.63, 3.8) is 0 Å². The van der Waals surface area contributed by atoms with Crippen LogP contribution in [0.2, 0.25) is 0 Å². The average molecular weight is 209 g/mol. The Hall–Kier alpha value is -1.29. The number of hydrogen-bond donors (Lipinski definition) is 0. The van der Waals surface area contributed by atoms with E-state index >= 15 is 0 Å². The van der Waals surface area contributed by atoms with Crippen LogP contribution in [0.25, 0.3) is 0 Å². The molecule has 0 amide bonds. The van der Waals surface area contributed by atoms with Crippen LogP contribution in [0.3, 0.4) is 0 Å². The standard InChI is InChI=1S/C10H8FNOS/c11-10(9-12-4-5-14-9)3-1-2-8(6-10)7-13/h1-5,7H,6H2. The Kier molecular flexibility index (Phi) is 2.29. The smallest absolute Gasteiger partial charge is 0.184 e. The monoisotopic (exact) mass is 209 g/mol. The number of aldehydes is 1. The molecule has 14 heavy (non-hydrogen) atoms. The molecular weight excluding hydrogens is 201 g/mol. The van der Waals surface area contributed by atoms with Crippen LogP contribution in [-0.2, 0) is 10.5 Å². The minimum Gasteiger partial charge on any atom is -0.298 e. The van der Waals surface area contributed by atoms with E-state index in [2.05, 4.69) is 4.98 Å².